The van der Waals surface area contributed by atoms with Crippen LogP contribution in [-0.4, -0.2) is 12.5 Å². The Balaban J connectivity index is 1.94. The average molecular weight is 256 g/mol. The standard InChI is InChI=1S/C12H11Cl2NO/c13-9-2-1-7(3-10(9)14)12-5-8(12)4-11(16)15-6-12/h1-3,8H,4-6H2,(H,15,16)/t8-,12-/m1/s1. The zero-order valence-electron chi connectivity index (χ0n) is 8.59. The highest BCUT2D eigenvalue weighted by Crippen LogP contribution is 2.57. The summed E-state index contributed by atoms with van der Waals surface area (Å²) in [7, 11) is 0. The maximum Gasteiger partial charge on any atom is 0.220 e. The minimum Gasteiger partial charge on any atom is -0.355 e. The van der Waals surface area contributed by atoms with Gasteiger partial charge in [0.15, 0.2) is 0 Å². The normalized spacial score (nSPS) is 31.9. The Bertz CT molecular complexity index is 474. The van der Waals surface area contributed by atoms with E-state index in [0.717, 1.165) is 13.0 Å². The summed E-state index contributed by atoms with van der Waals surface area (Å²) in [5.41, 5.74) is 1.33. The fourth-order valence-corrected chi connectivity index (χ4v) is 2.98. The molecule has 1 saturated carbocycles. The Morgan fingerprint density at radius 3 is 2.81 bits per heavy atom. The number of piperidine rings is 1. The lowest BCUT2D eigenvalue weighted by Gasteiger charge is -2.23. The first-order valence-electron chi connectivity index (χ1n) is 5.34. The van der Waals surface area contributed by atoms with E-state index in [4.69, 9.17) is 23.2 Å². The molecule has 0 radical (unpaired) electrons. The molecule has 0 spiro atoms. The monoisotopic (exact) mass is 255 g/mol. The van der Waals surface area contributed by atoms with E-state index in [1.165, 1.54) is 5.56 Å². The van der Waals surface area contributed by atoms with Crippen LogP contribution in [0.15, 0.2) is 18.2 Å². The second kappa shape index (κ2) is 3.38. The number of rotatable bonds is 1. The second-order valence-corrected chi connectivity index (χ2v) is 5.48. The van der Waals surface area contributed by atoms with Gasteiger partial charge in [0.2, 0.25) is 5.91 Å². The molecule has 1 heterocycles. The third-order valence-corrected chi connectivity index (χ3v) is 4.50. The van der Waals surface area contributed by atoms with Gasteiger partial charge in [-0.3, -0.25) is 4.79 Å². The van der Waals surface area contributed by atoms with E-state index >= 15 is 0 Å². The summed E-state index contributed by atoms with van der Waals surface area (Å²) in [6, 6.07) is 5.78. The molecule has 2 atom stereocenters. The van der Waals surface area contributed by atoms with Crippen LogP contribution in [0.2, 0.25) is 10.0 Å². The Kier molecular flexibility index (Phi) is 2.20. The summed E-state index contributed by atoms with van der Waals surface area (Å²) in [4.78, 5) is 11.2. The summed E-state index contributed by atoms with van der Waals surface area (Å²) >= 11 is 11.9. The molecular formula is C12H11Cl2NO. The second-order valence-electron chi connectivity index (χ2n) is 4.67. The summed E-state index contributed by atoms with van der Waals surface area (Å²) in [6.07, 6.45) is 1.71. The number of carbonyl (C=O) groups is 1. The van der Waals surface area contributed by atoms with Gasteiger partial charge in [-0.25, -0.2) is 0 Å². The van der Waals surface area contributed by atoms with Crippen molar-refractivity contribution in [1.29, 1.82) is 0 Å². The SMILES string of the molecule is O=C1C[C@@H]2C[C@]2(c2ccc(Cl)c(Cl)c2)CN1. The van der Waals surface area contributed by atoms with Crippen LogP contribution >= 0.6 is 23.2 Å². The van der Waals surface area contributed by atoms with Gasteiger partial charge in [-0.2, -0.15) is 0 Å². The number of halogens is 2. The highest BCUT2D eigenvalue weighted by Gasteiger charge is 2.57. The molecule has 84 valence electrons. The molecule has 1 aromatic rings. The lowest BCUT2D eigenvalue weighted by atomic mass is 9.90. The van der Waals surface area contributed by atoms with Gasteiger partial charge in [-0.05, 0) is 30.0 Å². The highest BCUT2D eigenvalue weighted by atomic mass is 35.5. The minimum absolute atomic E-state index is 0.127. The molecule has 2 fully saturated rings. The van der Waals surface area contributed by atoms with Crippen molar-refractivity contribution in [3.05, 3.63) is 33.8 Å². The van der Waals surface area contributed by atoms with E-state index in [-0.39, 0.29) is 11.3 Å². The van der Waals surface area contributed by atoms with E-state index in [1.54, 1.807) is 0 Å². The van der Waals surface area contributed by atoms with Crippen molar-refractivity contribution < 1.29 is 4.79 Å². The summed E-state index contributed by atoms with van der Waals surface area (Å²) in [6.45, 7) is 0.731. The third-order valence-electron chi connectivity index (χ3n) is 3.76. The molecule has 0 unspecified atom stereocenters. The van der Waals surface area contributed by atoms with Gasteiger partial charge in [-0.1, -0.05) is 29.3 Å². The van der Waals surface area contributed by atoms with Crippen molar-refractivity contribution in [2.24, 2.45) is 5.92 Å². The highest BCUT2D eigenvalue weighted by molar-refractivity contribution is 6.42. The van der Waals surface area contributed by atoms with E-state index in [0.29, 0.717) is 22.4 Å². The summed E-state index contributed by atoms with van der Waals surface area (Å²) < 4.78 is 0. The smallest absolute Gasteiger partial charge is 0.220 e. The molecule has 3 rings (SSSR count). The molecule has 1 N–H and O–H groups in total. The molecule has 0 aromatic heterocycles. The number of nitrogens with one attached hydrogen (secondary N) is 1. The van der Waals surface area contributed by atoms with Crippen molar-refractivity contribution in [3.8, 4) is 0 Å². The van der Waals surface area contributed by atoms with Crippen molar-refractivity contribution in [2.45, 2.75) is 18.3 Å². The predicted molar refractivity (Wildman–Crippen MR) is 63.9 cm³/mol. The van der Waals surface area contributed by atoms with E-state index in [1.807, 2.05) is 18.2 Å². The van der Waals surface area contributed by atoms with Crippen molar-refractivity contribution in [2.75, 3.05) is 6.54 Å². The molecule has 1 aliphatic heterocycles. The maximum absolute atomic E-state index is 11.2. The molecular weight excluding hydrogens is 245 g/mol. The molecule has 1 aliphatic carbocycles. The largest absolute Gasteiger partial charge is 0.355 e. The van der Waals surface area contributed by atoms with Gasteiger partial charge in [0.25, 0.3) is 0 Å². The zero-order chi connectivity index (χ0) is 11.3. The van der Waals surface area contributed by atoms with Crippen LogP contribution in [-0.2, 0) is 10.2 Å². The molecule has 1 saturated heterocycles. The third kappa shape index (κ3) is 1.44. The van der Waals surface area contributed by atoms with Crippen LogP contribution in [0.1, 0.15) is 18.4 Å². The molecule has 0 bridgehead atoms. The van der Waals surface area contributed by atoms with Crippen molar-refractivity contribution in [3.63, 3.8) is 0 Å². The Hall–Kier alpha value is -0.730. The van der Waals surface area contributed by atoms with E-state index < -0.39 is 0 Å². The van der Waals surface area contributed by atoms with Crippen LogP contribution < -0.4 is 5.32 Å². The van der Waals surface area contributed by atoms with Gasteiger partial charge in [0.05, 0.1) is 10.0 Å². The number of hydrogen-bond donors (Lipinski definition) is 1. The molecule has 16 heavy (non-hydrogen) atoms. The van der Waals surface area contributed by atoms with E-state index in [2.05, 4.69) is 5.32 Å². The minimum atomic E-state index is 0.127. The molecule has 2 aliphatic rings. The van der Waals surface area contributed by atoms with Crippen LogP contribution in [0.4, 0.5) is 0 Å². The lowest BCUT2D eigenvalue weighted by molar-refractivity contribution is -0.122. The van der Waals surface area contributed by atoms with Gasteiger partial charge in [-0.15, -0.1) is 0 Å². The molecule has 2 nitrogen and oxygen atoms in total. The Morgan fingerprint density at radius 2 is 2.12 bits per heavy atom. The van der Waals surface area contributed by atoms with Crippen LogP contribution in [0, 0.1) is 5.92 Å². The van der Waals surface area contributed by atoms with Crippen LogP contribution in [0.25, 0.3) is 0 Å². The Morgan fingerprint density at radius 1 is 1.31 bits per heavy atom. The zero-order valence-corrected chi connectivity index (χ0v) is 10.1. The number of carbonyl (C=O) groups excluding carboxylic acids is 1. The predicted octanol–water partition coefficient (Wildman–Crippen LogP) is 2.77. The Labute approximate surface area is 104 Å². The van der Waals surface area contributed by atoms with E-state index in [9.17, 15) is 4.79 Å². The first-order valence-corrected chi connectivity index (χ1v) is 6.10. The topological polar surface area (TPSA) is 29.1 Å². The van der Waals surface area contributed by atoms with Crippen molar-refractivity contribution in [1.82, 2.24) is 5.32 Å². The van der Waals surface area contributed by atoms with Crippen LogP contribution in [0.5, 0.6) is 0 Å². The fourth-order valence-electron chi connectivity index (χ4n) is 2.68. The average Bonchev–Trinajstić information content (AvgIpc) is 2.96. The lowest BCUT2D eigenvalue weighted by Crippen LogP contribution is -2.38. The fraction of sp³-hybridized carbons (Fsp3) is 0.417. The summed E-state index contributed by atoms with van der Waals surface area (Å²) in [5, 5.41) is 4.11. The summed E-state index contributed by atoms with van der Waals surface area (Å²) in [5.74, 6) is 0.650. The first kappa shape index (κ1) is 10.4. The van der Waals surface area contributed by atoms with Gasteiger partial charge < -0.3 is 5.32 Å². The molecule has 1 aromatic carbocycles. The molecule has 4 heteroatoms. The maximum atomic E-state index is 11.2. The van der Waals surface area contributed by atoms with Gasteiger partial charge in [0, 0.05) is 18.4 Å². The first-order chi connectivity index (χ1) is 7.62. The van der Waals surface area contributed by atoms with Gasteiger partial charge in [0.1, 0.15) is 0 Å². The van der Waals surface area contributed by atoms with Gasteiger partial charge >= 0.3 is 0 Å². The van der Waals surface area contributed by atoms with Crippen LogP contribution in [0.3, 0.4) is 0 Å². The number of hydrogen-bond acceptors (Lipinski definition) is 1. The molecule has 1 amide bonds. The number of fused-ring (bicyclic) bond motifs is 1. The number of amides is 1. The van der Waals surface area contributed by atoms with Crippen molar-refractivity contribution >= 4 is 29.1 Å². The number of benzene rings is 1. The quantitative estimate of drug-likeness (QED) is 0.822.